The van der Waals surface area contributed by atoms with Crippen molar-refractivity contribution in [1.29, 1.82) is 0 Å². The van der Waals surface area contributed by atoms with Crippen LogP contribution in [0.4, 0.5) is 0 Å². The standard InChI is InChI=1S/C22H30N2O4S/c1-5-24(6-2)29(26,27)21-14-18(13-12-17(21)4)22(25)23-15-19-10-8-9-11-20(19)16-28-7-3/h8-14H,5-7,15-16H2,1-4H3,(H,23,25). The maximum Gasteiger partial charge on any atom is 0.251 e. The Morgan fingerprint density at radius 2 is 1.69 bits per heavy atom. The Morgan fingerprint density at radius 1 is 1.03 bits per heavy atom. The zero-order chi connectivity index (χ0) is 21.4. The number of benzene rings is 2. The van der Waals surface area contributed by atoms with Crippen LogP contribution in [-0.4, -0.2) is 38.3 Å². The van der Waals surface area contributed by atoms with Gasteiger partial charge in [-0.1, -0.05) is 44.2 Å². The Labute approximate surface area is 173 Å². The fourth-order valence-electron chi connectivity index (χ4n) is 3.08. The molecular formula is C22H30N2O4S. The first-order valence-corrected chi connectivity index (χ1v) is 11.3. The molecule has 0 aliphatic heterocycles. The first-order valence-electron chi connectivity index (χ1n) is 9.88. The number of hydrogen-bond acceptors (Lipinski definition) is 4. The second kappa shape index (κ2) is 10.5. The summed E-state index contributed by atoms with van der Waals surface area (Å²) < 4.78 is 32.7. The summed E-state index contributed by atoms with van der Waals surface area (Å²) >= 11 is 0. The average molecular weight is 419 g/mol. The van der Waals surface area contributed by atoms with Crippen molar-refractivity contribution < 1.29 is 17.9 Å². The van der Waals surface area contributed by atoms with E-state index in [2.05, 4.69) is 5.32 Å². The van der Waals surface area contributed by atoms with Crippen molar-refractivity contribution in [3.63, 3.8) is 0 Å². The van der Waals surface area contributed by atoms with E-state index in [0.717, 1.165) is 11.1 Å². The highest BCUT2D eigenvalue weighted by Crippen LogP contribution is 2.21. The summed E-state index contributed by atoms with van der Waals surface area (Å²) in [7, 11) is -3.64. The molecule has 29 heavy (non-hydrogen) atoms. The Hall–Kier alpha value is -2.22. The van der Waals surface area contributed by atoms with Gasteiger partial charge >= 0.3 is 0 Å². The van der Waals surface area contributed by atoms with Crippen LogP contribution in [0.3, 0.4) is 0 Å². The Bertz CT molecular complexity index is 938. The lowest BCUT2D eigenvalue weighted by Crippen LogP contribution is -2.31. The van der Waals surface area contributed by atoms with E-state index >= 15 is 0 Å². The maximum atomic E-state index is 12.9. The van der Waals surface area contributed by atoms with Gasteiger partial charge in [-0.15, -0.1) is 0 Å². The van der Waals surface area contributed by atoms with E-state index in [1.165, 1.54) is 10.4 Å². The first kappa shape index (κ1) is 23.1. The zero-order valence-electron chi connectivity index (χ0n) is 17.6. The van der Waals surface area contributed by atoms with Crippen LogP contribution in [0.2, 0.25) is 0 Å². The van der Waals surface area contributed by atoms with Crippen LogP contribution in [-0.2, 0) is 27.9 Å². The van der Waals surface area contributed by atoms with Crippen LogP contribution in [0.5, 0.6) is 0 Å². The van der Waals surface area contributed by atoms with Crippen LogP contribution in [0.15, 0.2) is 47.4 Å². The van der Waals surface area contributed by atoms with Gasteiger partial charge in [0.1, 0.15) is 0 Å². The van der Waals surface area contributed by atoms with Gasteiger partial charge in [0.2, 0.25) is 10.0 Å². The minimum atomic E-state index is -3.64. The normalized spacial score (nSPS) is 11.6. The molecule has 0 spiro atoms. The second-order valence-corrected chi connectivity index (χ2v) is 8.56. The third-order valence-electron chi connectivity index (χ3n) is 4.79. The number of carbonyl (C=O) groups excluding carboxylic acids is 1. The Balaban J connectivity index is 2.21. The highest BCUT2D eigenvalue weighted by Gasteiger charge is 2.24. The van der Waals surface area contributed by atoms with E-state index < -0.39 is 10.0 Å². The minimum absolute atomic E-state index is 0.172. The number of nitrogens with zero attached hydrogens (tertiary/aromatic N) is 1. The highest BCUT2D eigenvalue weighted by molar-refractivity contribution is 7.89. The van der Waals surface area contributed by atoms with Crippen LogP contribution < -0.4 is 5.32 Å². The van der Waals surface area contributed by atoms with Gasteiger partial charge in [0.15, 0.2) is 0 Å². The molecule has 0 heterocycles. The Kier molecular flexibility index (Phi) is 8.37. The highest BCUT2D eigenvalue weighted by atomic mass is 32.2. The number of nitrogens with one attached hydrogen (secondary N) is 1. The molecule has 0 aromatic heterocycles. The van der Waals surface area contributed by atoms with E-state index in [1.807, 2.05) is 31.2 Å². The average Bonchev–Trinajstić information content (AvgIpc) is 2.71. The smallest absolute Gasteiger partial charge is 0.251 e. The van der Waals surface area contributed by atoms with Crippen LogP contribution in [0.25, 0.3) is 0 Å². The van der Waals surface area contributed by atoms with E-state index in [9.17, 15) is 13.2 Å². The molecule has 158 valence electrons. The van der Waals surface area contributed by atoms with Crippen LogP contribution in [0.1, 0.15) is 47.8 Å². The molecule has 0 saturated carbocycles. The summed E-state index contributed by atoms with van der Waals surface area (Å²) in [6, 6.07) is 12.6. The molecule has 2 aromatic carbocycles. The molecule has 7 heteroatoms. The summed E-state index contributed by atoms with van der Waals surface area (Å²) in [5.41, 5.74) is 2.93. The van der Waals surface area contributed by atoms with Gasteiger partial charge in [0, 0.05) is 31.8 Å². The van der Waals surface area contributed by atoms with Crippen LogP contribution >= 0.6 is 0 Å². The van der Waals surface area contributed by atoms with Gasteiger partial charge < -0.3 is 10.1 Å². The molecule has 0 fully saturated rings. The van der Waals surface area contributed by atoms with Crippen LogP contribution in [0, 0.1) is 6.92 Å². The molecule has 0 saturated heterocycles. The molecule has 0 aliphatic carbocycles. The molecule has 0 unspecified atom stereocenters. The number of ether oxygens (including phenoxy) is 1. The van der Waals surface area contributed by atoms with Crippen molar-refractivity contribution >= 4 is 15.9 Å². The monoisotopic (exact) mass is 418 g/mol. The number of amides is 1. The molecule has 0 bridgehead atoms. The lowest BCUT2D eigenvalue weighted by Gasteiger charge is -2.20. The lowest BCUT2D eigenvalue weighted by molar-refractivity contribution is 0.0949. The predicted octanol–water partition coefficient (Wildman–Crippen LogP) is 3.49. The van der Waals surface area contributed by atoms with E-state index in [0.29, 0.717) is 44.0 Å². The number of rotatable bonds is 10. The largest absolute Gasteiger partial charge is 0.377 e. The van der Waals surface area contributed by atoms with Gasteiger partial charge in [0.25, 0.3) is 5.91 Å². The predicted molar refractivity (Wildman–Crippen MR) is 114 cm³/mol. The molecule has 1 N–H and O–H groups in total. The van der Waals surface area contributed by atoms with Crippen molar-refractivity contribution in [2.24, 2.45) is 0 Å². The lowest BCUT2D eigenvalue weighted by atomic mass is 10.1. The summed E-state index contributed by atoms with van der Waals surface area (Å²) in [5, 5.41) is 2.88. The SMILES string of the molecule is CCOCc1ccccc1CNC(=O)c1ccc(C)c(S(=O)(=O)N(CC)CC)c1. The molecular weight excluding hydrogens is 388 g/mol. The fourth-order valence-corrected chi connectivity index (χ4v) is 4.79. The molecule has 2 aromatic rings. The van der Waals surface area contributed by atoms with Gasteiger partial charge in [-0.25, -0.2) is 8.42 Å². The summed E-state index contributed by atoms with van der Waals surface area (Å²) in [6.45, 7) is 9.48. The van der Waals surface area contributed by atoms with Crippen molar-refractivity contribution in [3.8, 4) is 0 Å². The third-order valence-corrected chi connectivity index (χ3v) is 6.98. The quantitative estimate of drug-likeness (QED) is 0.641. The topological polar surface area (TPSA) is 75.7 Å². The number of aryl methyl sites for hydroxylation is 1. The van der Waals surface area contributed by atoms with Gasteiger partial charge in [-0.05, 0) is 42.7 Å². The van der Waals surface area contributed by atoms with Crippen molar-refractivity contribution in [3.05, 3.63) is 64.7 Å². The van der Waals surface area contributed by atoms with Crippen molar-refractivity contribution in [1.82, 2.24) is 9.62 Å². The van der Waals surface area contributed by atoms with Crippen molar-refractivity contribution in [2.45, 2.75) is 45.7 Å². The number of hydrogen-bond donors (Lipinski definition) is 1. The molecule has 0 atom stereocenters. The van der Waals surface area contributed by atoms with E-state index in [-0.39, 0.29) is 10.8 Å². The number of carbonyl (C=O) groups is 1. The number of sulfonamides is 1. The molecule has 2 rings (SSSR count). The second-order valence-electron chi connectivity index (χ2n) is 6.66. The third kappa shape index (κ3) is 5.65. The van der Waals surface area contributed by atoms with Crippen molar-refractivity contribution in [2.75, 3.05) is 19.7 Å². The Morgan fingerprint density at radius 3 is 2.31 bits per heavy atom. The summed E-state index contributed by atoms with van der Waals surface area (Å²) in [6.07, 6.45) is 0. The van der Waals surface area contributed by atoms with Gasteiger partial charge in [-0.3, -0.25) is 4.79 Å². The maximum absolute atomic E-state index is 12.9. The fraction of sp³-hybridized carbons (Fsp3) is 0.409. The van der Waals surface area contributed by atoms with E-state index in [1.54, 1.807) is 32.9 Å². The molecule has 1 amide bonds. The van der Waals surface area contributed by atoms with Gasteiger partial charge in [-0.2, -0.15) is 4.31 Å². The summed E-state index contributed by atoms with van der Waals surface area (Å²) in [5.74, 6) is -0.313. The molecule has 0 aliphatic rings. The minimum Gasteiger partial charge on any atom is -0.377 e. The first-order chi connectivity index (χ1) is 13.8. The molecule has 6 nitrogen and oxygen atoms in total. The molecule has 0 radical (unpaired) electrons. The van der Waals surface area contributed by atoms with E-state index in [4.69, 9.17) is 4.74 Å². The zero-order valence-corrected chi connectivity index (χ0v) is 18.4. The summed E-state index contributed by atoms with van der Waals surface area (Å²) in [4.78, 5) is 12.9. The van der Waals surface area contributed by atoms with Gasteiger partial charge in [0.05, 0.1) is 11.5 Å².